The van der Waals surface area contributed by atoms with Gasteiger partial charge in [-0.3, -0.25) is 9.78 Å². The summed E-state index contributed by atoms with van der Waals surface area (Å²) in [4.78, 5) is 20.5. The molecule has 0 bridgehead atoms. The number of hydrogen-bond donors (Lipinski definition) is 2. The third-order valence-electron chi connectivity index (χ3n) is 7.26. The van der Waals surface area contributed by atoms with Gasteiger partial charge in [0.15, 0.2) is 11.5 Å². The molecule has 36 heavy (non-hydrogen) atoms. The van der Waals surface area contributed by atoms with Crippen LogP contribution >= 0.6 is 0 Å². The molecule has 2 aromatic heterocycles. The molecule has 0 saturated heterocycles. The molecule has 7 heteroatoms. The number of H-pyrrole nitrogens is 1. The highest BCUT2D eigenvalue weighted by Gasteiger charge is 2.25. The number of amides is 1. The first-order valence-electron chi connectivity index (χ1n) is 12.3. The summed E-state index contributed by atoms with van der Waals surface area (Å²) in [6.45, 7) is 0.633. The van der Waals surface area contributed by atoms with E-state index < -0.39 is 0 Å². The van der Waals surface area contributed by atoms with Gasteiger partial charge in [-0.05, 0) is 85.0 Å². The fourth-order valence-electron chi connectivity index (χ4n) is 5.30. The Morgan fingerprint density at radius 2 is 1.83 bits per heavy atom. The van der Waals surface area contributed by atoms with E-state index in [1.54, 1.807) is 32.5 Å². The first-order valence-corrected chi connectivity index (χ1v) is 12.3. The number of nitrogens with zero attached hydrogens (tertiary/aromatic N) is 1. The fourth-order valence-corrected chi connectivity index (χ4v) is 5.30. The molecule has 6 nitrogen and oxygen atoms in total. The lowest BCUT2D eigenvalue weighted by Crippen LogP contribution is -2.31. The summed E-state index contributed by atoms with van der Waals surface area (Å²) in [6.07, 6.45) is 9.41. The molecule has 2 heterocycles. The van der Waals surface area contributed by atoms with E-state index in [2.05, 4.69) is 15.3 Å². The van der Waals surface area contributed by atoms with E-state index in [4.69, 9.17) is 9.47 Å². The lowest BCUT2D eigenvalue weighted by atomic mass is 9.78. The van der Waals surface area contributed by atoms with E-state index in [0.717, 1.165) is 47.7 Å². The van der Waals surface area contributed by atoms with Crippen molar-refractivity contribution in [2.45, 2.75) is 31.6 Å². The van der Waals surface area contributed by atoms with Gasteiger partial charge in [0.2, 0.25) is 0 Å². The lowest BCUT2D eigenvalue weighted by molar-refractivity contribution is 0.0943. The molecular weight excluding hydrogens is 457 g/mol. The summed E-state index contributed by atoms with van der Waals surface area (Å²) in [6, 6.07) is 12.4. The predicted molar refractivity (Wildman–Crippen MR) is 138 cm³/mol. The Bertz CT molecular complexity index is 1380. The van der Waals surface area contributed by atoms with Crippen LogP contribution in [0.3, 0.4) is 0 Å². The monoisotopic (exact) mass is 487 g/mol. The van der Waals surface area contributed by atoms with Gasteiger partial charge in [0.05, 0.1) is 25.3 Å². The van der Waals surface area contributed by atoms with Crippen molar-refractivity contribution in [1.82, 2.24) is 15.3 Å². The Labute approximate surface area is 209 Å². The van der Waals surface area contributed by atoms with Crippen molar-refractivity contribution in [1.29, 1.82) is 0 Å². The number of carbonyl (C=O) groups is 1. The number of halogens is 1. The van der Waals surface area contributed by atoms with Crippen molar-refractivity contribution in [2.75, 3.05) is 20.8 Å². The molecular formula is C29H30FN3O3. The highest BCUT2D eigenvalue weighted by molar-refractivity contribution is 6.01. The Kier molecular flexibility index (Phi) is 6.89. The molecule has 0 aliphatic heterocycles. The minimum atomic E-state index is -0.231. The van der Waals surface area contributed by atoms with Crippen LogP contribution in [0.15, 0.2) is 61.1 Å². The highest BCUT2D eigenvalue weighted by atomic mass is 19.1. The van der Waals surface area contributed by atoms with Gasteiger partial charge < -0.3 is 19.8 Å². The van der Waals surface area contributed by atoms with Crippen molar-refractivity contribution in [3.63, 3.8) is 0 Å². The van der Waals surface area contributed by atoms with E-state index in [1.807, 2.05) is 36.7 Å². The molecule has 4 aromatic rings. The molecule has 2 N–H and O–H groups in total. The molecule has 0 atom stereocenters. The maximum atomic E-state index is 13.9. The molecule has 5 rings (SSSR count). The zero-order valence-corrected chi connectivity index (χ0v) is 20.5. The number of nitrogens with one attached hydrogen (secondary N) is 2. The van der Waals surface area contributed by atoms with Crippen molar-refractivity contribution in [3.8, 4) is 22.6 Å². The van der Waals surface area contributed by atoms with E-state index in [-0.39, 0.29) is 11.7 Å². The Morgan fingerprint density at radius 1 is 1.03 bits per heavy atom. The average Bonchev–Trinajstić information content (AvgIpc) is 3.41. The second kappa shape index (κ2) is 10.4. The van der Waals surface area contributed by atoms with Crippen LogP contribution in [0.4, 0.5) is 4.39 Å². The number of hydrogen-bond acceptors (Lipinski definition) is 4. The van der Waals surface area contributed by atoms with Crippen LogP contribution in [0, 0.1) is 11.7 Å². The summed E-state index contributed by atoms with van der Waals surface area (Å²) in [5.41, 5.74) is 4.30. The predicted octanol–water partition coefficient (Wildman–Crippen LogP) is 6.09. The first-order chi connectivity index (χ1) is 17.6. The summed E-state index contributed by atoms with van der Waals surface area (Å²) in [5, 5.41) is 4.04. The zero-order valence-electron chi connectivity index (χ0n) is 20.5. The fraction of sp³-hybridized carbons (Fsp3) is 0.310. The molecule has 1 saturated carbocycles. The van der Waals surface area contributed by atoms with Crippen LogP contribution in [0.1, 0.15) is 47.5 Å². The quantitative estimate of drug-likeness (QED) is 0.331. The summed E-state index contributed by atoms with van der Waals surface area (Å²) in [5.74, 6) is 1.72. The van der Waals surface area contributed by atoms with Gasteiger partial charge in [-0.1, -0.05) is 6.07 Å². The number of pyridine rings is 1. The van der Waals surface area contributed by atoms with Crippen molar-refractivity contribution in [2.24, 2.45) is 5.92 Å². The molecule has 0 unspecified atom stereocenters. The second-order valence-corrected chi connectivity index (χ2v) is 9.34. The summed E-state index contributed by atoms with van der Waals surface area (Å²) < 4.78 is 24.6. The lowest BCUT2D eigenvalue weighted by Gasteiger charge is -2.29. The number of benzene rings is 2. The maximum absolute atomic E-state index is 13.9. The molecule has 0 spiro atoms. The topological polar surface area (TPSA) is 76.2 Å². The molecule has 1 aliphatic carbocycles. The second-order valence-electron chi connectivity index (χ2n) is 9.34. The minimum absolute atomic E-state index is 0.0984. The Morgan fingerprint density at radius 3 is 2.61 bits per heavy atom. The standard InChI is InChI=1S/C29H30FN3O3/c1-35-27-10-7-20(13-28(27)36-2)24-16-31-17-25(24)29(34)33-15-18-3-5-19(6-4-18)22-11-12-32-26-9-8-21(30)14-23(22)26/h7-14,16-19,31H,3-6,15H2,1-2H3,(H,33,34). The molecule has 2 aromatic carbocycles. The molecule has 1 aliphatic rings. The summed E-state index contributed by atoms with van der Waals surface area (Å²) in [7, 11) is 3.19. The number of aromatic nitrogens is 2. The number of rotatable bonds is 7. The van der Waals surface area contributed by atoms with Crippen molar-refractivity contribution >= 4 is 16.8 Å². The van der Waals surface area contributed by atoms with Gasteiger partial charge in [-0.2, -0.15) is 0 Å². The van der Waals surface area contributed by atoms with Crippen LogP contribution in [0.5, 0.6) is 11.5 Å². The summed E-state index contributed by atoms with van der Waals surface area (Å²) >= 11 is 0. The van der Waals surface area contributed by atoms with E-state index in [9.17, 15) is 9.18 Å². The van der Waals surface area contributed by atoms with Crippen molar-refractivity contribution in [3.05, 3.63) is 78.0 Å². The van der Waals surface area contributed by atoms with Crippen LogP contribution in [0.2, 0.25) is 0 Å². The molecule has 1 amide bonds. The third kappa shape index (κ3) is 4.78. The first kappa shape index (κ1) is 23.9. The average molecular weight is 488 g/mol. The number of methoxy groups -OCH3 is 2. The van der Waals surface area contributed by atoms with Crippen LogP contribution < -0.4 is 14.8 Å². The zero-order chi connectivity index (χ0) is 25.1. The number of aromatic amines is 1. The highest BCUT2D eigenvalue weighted by Crippen LogP contribution is 2.38. The van der Waals surface area contributed by atoms with E-state index >= 15 is 0 Å². The maximum Gasteiger partial charge on any atom is 0.253 e. The van der Waals surface area contributed by atoms with Crippen LogP contribution in [0.25, 0.3) is 22.0 Å². The SMILES string of the molecule is COc1ccc(-c2c[nH]cc2C(=O)NCC2CCC(c3ccnc4ccc(F)cc34)CC2)cc1OC. The Hall–Kier alpha value is -3.87. The number of carbonyl (C=O) groups excluding carboxylic acids is 1. The van der Waals surface area contributed by atoms with Gasteiger partial charge in [0.1, 0.15) is 5.82 Å². The van der Waals surface area contributed by atoms with Crippen molar-refractivity contribution < 1.29 is 18.7 Å². The largest absolute Gasteiger partial charge is 0.493 e. The van der Waals surface area contributed by atoms with Crippen LogP contribution in [-0.2, 0) is 0 Å². The van der Waals surface area contributed by atoms with E-state index in [1.165, 1.54) is 11.6 Å². The normalized spacial score (nSPS) is 17.6. The third-order valence-corrected chi connectivity index (χ3v) is 7.26. The molecule has 1 fully saturated rings. The van der Waals surface area contributed by atoms with Gasteiger partial charge in [-0.25, -0.2) is 4.39 Å². The van der Waals surface area contributed by atoms with Gasteiger partial charge in [0.25, 0.3) is 5.91 Å². The van der Waals surface area contributed by atoms with Crippen LogP contribution in [-0.4, -0.2) is 36.6 Å². The number of fused-ring (bicyclic) bond motifs is 1. The Balaban J connectivity index is 1.21. The van der Waals surface area contributed by atoms with E-state index in [0.29, 0.717) is 35.4 Å². The minimum Gasteiger partial charge on any atom is -0.493 e. The number of ether oxygens (including phenoxy) is 2. The smallest absolute Gasteiger partial charge is 0.253 e. The molecule has 0 radical (unpaired) electrons. The van der Waals surface area contributed by atoms with Gasteiger partial charge in [-0.15, -0.1) is 0 Å². The molecule has 186 valence electrons. The van der Waals surface area contributed by atoms with Gasteiger partial charge in [0, 0.05) is 36.1 Å². The van der Waals surface area contributed by atoms with Gasteiger partial charge >= 0.3 is 0 Å².